The minimum absolute atomic E-state index is 0.210. The van der Waals surface area contributed by atoms with Crippen LogP contribution in [0.5, 0.6) is 0 Å². The average Bonchev–Trinajstić information content (AvgIpc) is 3.37. The van der Waals surface area contributed by atoms with E-state index in [4.69, 9.17) is 0 Å². The molecule has 4 rings (SSSR count). The predicted octanol–water partition coefficient (Wildman–Crippen LogP) is 3.90. The van der Waals surface area contributed by atoms with Gasteiger partial charge in [0.1, 0.15) is 0 Å². The topological polar surface area (TPSA) is 41.4 Å². The first-order valence-corrected chi connectivity index (χ1v) is 10.7. The number of hydrogen-bond acceptors (Lipinski definition) is 4. The molecule has 28 heavy (non-hydrogen) atoms. The monoisotopic (exact) mass is 394 g/mol. The summed E-state index contributed by atoms with van der Waals surface area (Å²) in [7, 11) is 2.00. The van der Waals surface area contributed by atoms with Gasteiger partial charge in [-0.2, -0.15) is 5.10 Å². The van der Waals surface area contributed by atoms with E-state index in [1.807, 2.05) is 65.8 Å². The lowest BCUT2D eigenvalue weighted by molar-refractivity contribution is -0.135. The second-order valence-electron chi connectivity index (χ2n) is 7.36. The van der Waals surface area contributed by atoms with Crippen LogP contribution in [0.4, 0.5) is 0 Å². The van der Waals surface area contributed by atoms with Crippen molar-refractivity contribution >= 4 is 17.2 Å². The molecule has 0 radical (unpaired) electrons. The summed E-state index contributed by atoms with van der Waals surface area (Å²) in [5.41, 5.74) is 3.49. The number of benzene rings is 1. The van der Waals surface area contributed by atoms with Gasteiger partial charge < -0.3 is 4.90 Å². The van der Waals surface area contributed by atoms with Crippen molar-refractivity contribution in [3.8, 4) is 5.69 Å². The van der Waals surface area contributed by atoms with Crippen LogP contribution in [0.3, 0.4) is 0 Å². The van der Waals surface area contributed by atoms with E-state index in [-0.39, 0.29) is 11.9 Å². The number of fused-ring (bicyclic) bond motifs is 1. The van der Waals surface area contributed by atoms with Gasteiger partial charge in [0.05, 0.1) is 24.5 Å². The first-order chi connectivity index (χ1) is 13.7. The molecule has 3 heterocycles. The van der Waals surface area contributed by atoms with Gasteiger partial charge in [-0.05, 0) is 49.0 Å². The summed E-state index contributed by atoms with van der Waals surface area (Å²) in [6.07, 6.45) is 5.84. The lowest BCUT2D eigenvalue weighted by Crippen LogP contribution is -2.43. The van der Waals surface area contributed by atoms with Gasteiger partial charge in [-0.1, -0.05) is 25.1 Å². The lowest BCUT2D eigenvalue weighted by atomic mass is 9.97. The average molecular weight is 395 g/mol. The van der Waals surface area contributed by atoms with Crippen LogP contribution in [0, 0.1) is 0 Å². The second-order valence-corrected chi connectivity index (χ2v) is 8.36. The summed E-state index contributed by atoms with van der Waals surface area (Å²) in [5.74, 6) is 0.210. The van der Waals surface area contributed by atoms with E-state index in [1.165, 1.54) is 10.4 Å². The fourth-order valence-electron chi connectivity index (χ4n) is 3.99. The molecule has 0 bridgehead atoms. The van der Waals surface area contributed by atoms with E-state index < -0.39 is 0 Å². The number of likely N-dealkylation sites (N-methyl/N-ethyl adjacent to an activating group) is 1. The highest BCUT2D eigenvalue weighted by atomic mass is 32.1. The summed E-state index contributed by atoms with van der Waals surface area (Å²) < 4.78 is 1.88. The van der Waals surface area contributed by atoms with Crippen LogP contribution < -0.4 is 0 Å². The van der Waals surface area contributed by atoms with E-state index in [9.17, 15) is 4.79 Å². The van der Waals surface area contributed by atoms with E-state index in [1.54, 1.807) is 0 Å². The Bertz CT molecular complexity index is 933. The van der Waals surface area contributed by atoms with Crippen molar-refractivity contribution in [2.75, 3.05) is 20.1 Å². The van der Waals surface area contributed by atoms with Crippen LogP contribution in [-0.2, 0) is 17.8 Å². The molecule has 2 aromatic heterocycles. The molecular formula is C22H26N4OS. The molecule has 0 fully saturated rings. The number of thiophene rings is 1. The van der Waals surface area contributed by atoms with Crippen LogP contribution in [0.25, 0.3) is 5.69 Å². The van der Waals surface area contributed by atoms with Gasteiger partial charge >= 0.3 is 0 Å². The zero-order valence-corrected chi connectivity index (χ0v) is 17.2. The van der Waals surface area contributed by atoms with Crippen molar-refractivity contribution < 1.29 is 4.79 Å². The maximum absolute atomic E-state index is 13.0. The highest BCUT2D eigenvalue weighted by Crippen LogP contribution is 2.35. The Morgan fingerprint density at radius 2 is 2.11 bits per heavy atom. The number of carbonyl (C=O) groups excluding carboxylic acids is 1. The summed E-state index contributed by atoms with van der Waals surface area (Å²) in [4.78, 5) is 18.6. The third kappa shape index (κ3) is 3.88. The normalized spacial score (nSPS) is 16.4. The van der Waals surface area contributed by atoms with Gasteiger partial charge in [-0.3, -0.25) is 9.69 Å². The predicted molar refractivity (Wildman–Crippen MR) is 113 cm³/mol. The van der Waals surface area contributed by atoms with Gasteiger partial charge in [-0.25, -0.2) is 4.68 Å². The van der Waals surface area contributed by atoms with Crippen molar-refractivity contribution in [1.82, 2.24) is 19.6 Å². The van der Waals surface area contributed by atoms with Gasteiger partial charge in [0.15, 0.2) is 0 Å². The summed E-state index contributed by atoms with van der Waals surface area (Å²) in [6.45, 7) is 4.11. The van der Waals surface area contributed by atoms with Crippen molar-refractivity contribution in [2.45, 2.75) is 32.4 Å². The molecule has 146 valence electrons. The first-order valence-electron chi connectivity index (χ1n) is 9.79. The van der Waals surface area contributed by atoms with Crippen LogP contribution in [0.15, 0.2) is 54.2 Å². The Hall–Kier alpha value is -2.44. The summed E-state index contributed by atoms with van der Waals surface area (Å²) in [6, 6.07) is 12.5. The van der Waals surface area contributed by atoms with Crippen LogP contribution in [-0.4, -0.2) is 45.6 Å². The molecule has 1 aliphatic heterocycles. The third-order valence-corrected chi connectivity index (χ3v) is 6.31. The quantitative estimate of drug-likeness (QED) is 0.637. The Labute approximate surface area is 170 Å². The minimum atomic E-state index is 0.210. The van der Waals surface area contributed by atoms with Crippen molar-refractivity contribution in [2.24, 2.45) is 0 Å². The molecule has 1 unspecified atom stereocenters. The fraction of sp³-hybridized carbons (Fsp3) is 0.364. The highest BCUT2D eigenvalue weighted by Gasteiger charge is 2.30. The molecule has 0 spiro atoms. The molecule has 1 atom stereocenters. The molecule has 0 saturated heterocycles. The van der Waals surface area contributed by atoms with Gasteiger partial charge in [0.25, 0.3) is 0 Å². The first kappa shape index (κ1) is 18.9. The number of para-hydroxylation sites is 1. The number of hydrogen-bond donors (Lipinski definition) is 0. The molecule has 6 heteroatoms. The van der Waals surface area contributed by atoms with E-state index in [0.29, 0.717) is 13.1 Å². The molecule has 1 amide bonds. The Morgan fingerprint density at radius 1 is 1.29 bits per heavy atom. The summed E-state index contributed by atoms with van der Waals surface area (Å²) in [5, 5.41) is 6.60. The van der Waals surface area contributed by atoms with E-state index >= 15 is 0 Å². The molecule has 0 N–H and O–H groups in total. The van der Waals surface area contributed by atoms with E-state index in [0.717, 1.165) is 30.6 Å². The van der Waals surface area contributed by atoms with Crippen molar-refractivity contribution in [3.05, 3.63) is 70.2 Å². The minimum Gasteiger partial charge on any atom is -0.334 e. The summed E-state index contributed by atoms with van der Waals surface area (Å²) >= 11 is 1.82. The number of amides is 1. The lowest BCUT2D eigenvalue weighted by Gasteiger charge is -2.36. The highest BCUT2D eigenvalue weighted by molar-refractivity contribution is 7.10. The second kappa shape index (κ2) is 8.29. The zero-order chi connectivity index (χ0) is 19.5. The smallest absolute Gasteiger partial charge is 0.237 e. The zero-order valence-electron chi connectivity index (χ0n) is 16.4. The van der Waals surface area contributed by atoms with Crippen molar-refractivity contribution in [3.63, 3.8) is 0 Å². The Kier molecular flexibility index (Phi) is 5.59. The van der Waals surface area contributed by atoms with Gasteiger partial charge in [-0.15, -0.1) is 11.3 Å². The molecule has 1 aliphatic rings. The Balaban J connectivity index is 1.38. The van der Waals surface area contributed by atoms with Crippen LogP contribution >= 0.6 is 11.3 Å². The molecule has 5 nitrogen and oxygen atoms in total. The standard InChI is InChI=1S/C22H26N4OS/c1-3-20-19-10-12-28-21(19)9-11-25(20)22(27)16-24(2)14-17-13-23-26(15-17)18-7-5-4-6-8-18/h4-8,10,12-13,15,20H,3,9,11,14,16H2,1-2H3. The van der Waals surface area contributed by atoms with Gasteiger partial charge in [0, 0.05) is 29.7 Å². The fourth-order valence-corrected chi connectivity index (χ4v) is 4.92. The maximum Gasteiger partial charge on any atom is 0.237 e. The van der Waals surface area contributed by atoms with Crippen molar-refractivity contribution in [1.29, 1.82) is 0 Å². The Morgan fingerprint density at radius 3 is 2.89 bits per heavy atom. The number of carbonyl (C=O) groups is 1. The van der Waals surface area contributed by atoms with Crippen LogP contribution in [0.1, 0.15) is 35.4 Å². The maximum atomic E-state index is 13.0. The SMILES string of the molecule is CCC1c2ccsc2CCN1C(=O)CN(C)Cc1cnn(-c2ccccc2)c1. The van der Waals surface area contributed by atoms with E-state index in [2.05, 4.69) is 33.3 Å². The number of rotatable bonds is 6. The number of nitrogens with zero attached hydrogens (tertiary/aromatic N) is 4. The molecular weight excluding hydrogens is 368 g/mol. The largest absolute Gasteiger partial charge is 0.334 e. The molecule has 3 aromatic rings. The molecule has 1 aromatic carbocycles. The molecule has 0 aliphatic carbocycles. The van der Waals surface area contributed by atoms with Crippen LogP contribution in [0.2, 0.25) is 0 Å². The molecule has 0 saturated carbocycles. The third-order valence-electron chi connectivity index (χ3n) is 5.32. The number of aromatic nitrogens is 2. The van der Waals surface area contributed by atoms with Gasteiger partial charge in [0.2, 0.25) is 5.91 Å².